The first-order chi connectivity index (χ1) is 17.3. The van der Waals surface area contributed by atoms with Gasteiger partial charge in [-0.2, -0.15) is 13.2 Å². The molecule has 185 valence electrons. The number of hydrogen-bond acceptors (Lipinski definition) is 3. The summed E-state index contributed by atoms with van der Waals surface area (Å²) in [7, 11) is 0. The van der Waals surface area contributed by atoms with Gasteiger partial charge >= 0.3 is 6.18 Å². The summed E-state index contributed by atoms with van der Waals surface area (Å²) >= 11 is 0. The molecule has 0 saturated heterocycles. The number of halogens is 3. The molecule has 37 heavy (non-hydrogen) atoms. The van der Waals surface area contributed by atoms with Crippen LogP contribution < -0.4 is 0 Å². The number of aryl methyl sites for hydroxylation is 2. The van der Waals surface area contributed by atoms with Gasteiger partial charge in [0, 0.05) is 44.3 Å². The molecule has 0 saturated carbocycles. The van der Waals surface area contributed by atoms with E-state index in [2.05, 4.69) is 58.3 Å². The van der Waals surface area contributed by atoms with Crippen LogP contribution in [0.25, 0.3) is 55.0 Å². The second-order valence-electron chi connectivity index (χ2n) is 8.96. The van der Waals surface area contributed by atoms with Gasteiger partial charge in [-0.3, -0.25) is 0 Å². The van der Waals surface area contributed by atoms with E-state index in [1.54, 1.807) is 0 Å². The minimum absolute atomic E-state index is 0. The molecule has 7 heteroatoms. The third-order valence-corrected chi connectivity index (χ3v) is 6.40. The minimum Gasteiger partial charge on any atom is -0.304 e. The second-order valence-corrected chi connectivity index (χ2v) is 8.96. The van der Waals surface area contributed by atoms with E-state index in [1.807, 2.05) is 43.5 Å². The molecule has 2 aromatic heterocycles. The molecular weight excluding hydrogens is 652 g/mol. The Morgan fingerprint density at radius 1 is 0.703 bits per heavy atom. The maximum Gasteiger partial charge on any atom is 0.419 e. The summed E-state index contributed by atoms with van der Waals surface area (Å²) in [6.45, 7) is 4.11. The van der Waals surface area contributed by atoms with Gasteiger partial charge in [-0.15, -0.1) is 34.9 Å². The Balaban J connectivity index is 0.00000280. The largest absolute Gasteiger partial charge is 0.419 e. The Labute approximate surface area is 224 Å². The summed E-state index contributed by atoms with van der Waals surface area (Å²) in [4.78, 5) is 12.5. The molecule has 0 bridgehead atoms. The normalized spacial score (nSPS) is 11.7. The van der Waals surface area contributed by atoms with Crippen molar-refractivity contribution in [1.29, 1.82) is 0 Å². The molecule has 0 aliphatic rings. The zero-order valence-electron chi connectivity index (χ0n) is 19.8. The van der Waals surface area contributed by atoms with Crippen molar-refractivity contribution in [2.75, 3.05) is 0 Å². The molecule has 0 atom stereocenters. The Morgan fingerprint density at radius 2 is 1.35 bits per heavy atom. The molecule has 4 aromatic carbocycles. The van der Waals surface area contributed by atoms with Crippen LogP contribution in [0.1, 0.15) is 16.7 Å². The maximum absolute atomic E-state index is 12.9. The molecule has 0 aliphatic carbocycles. The fraction of sp³-hybridized carbons (Fsp3) is 0.100. The van der Waals surface area contributed by atoms with Crippen molar-refractivity contribution in [1.82, 2.24) is 15.0 Å². The predicted octanol–water partition coefficient (Wildman–Crippen LogP) is 8.10. The fourth-order valence-electron chi connectivity index (χ4n) is 4.81. The first kappa shape index (κ1) is 25.0. The van der Waals surface area contributed by atoms with Gasteiger partial charge in [0.05, 0.1) is 5.56 Å². The third-order valence-electron chi connectivity index (χ3n) is 6.40. The number of nitrogens with zero attached hydrogens (tertiary/aromatic N) is 3. The smallest absolute Gasteiger partial charge is 0.304 e. The van der Waals surface area contributed by atoms with E-state index in [9.17, 15) is 13.2 Å². The maximum atomic E-state index is 12.9. The number of benzene rings is 4. The van der Waals surface area contributed by atoms with Gasteiger partial charge in [-0.25, -0.2) is 9.97 Å². The van der Waals surface area contributed by atoms with Crippen LogP contribution in [0.4, 0.5) is 13.2 Å². The molecule has 0 spiro atoms. The van der Waals surface area contributed by atoms with E-state index >= 15 is 0 Å². The quantitative estimate of drug-likeness (QED) is 0.138. The molecule has 0 unspecified atom stereocenters. The van der Waals surface area contributed by atoms with Gasteiger partial charge in [-0.1, -0.05) is 50.2 Å². The van der Waals surface area contributed by atoms with Gasteiger partial charge in [0.25, 0.3) is 0 Å². The Kier molecular flexibility index (Phi) is 6.30. The van der Waals surface area contributed by atoms with Crippen molar-refractivity contribution in [3.63, 3.8) is 0 Å². The van der Waals surface area contributed by atoms with E-state index < -0.39 is 11.7 Å². The number of hydrogen-bond donors (Lipinski definition) is 0. The average molecular weight is 671 g/mol. The average Bonchev–Trinajstić information content (AvgIpc) is 2.86. The number of alkyl halides is 3. The van der Waals surface area contributed by atoms with Crippen LogP contribution in [0.15, 0.2) is 79.3 Å². The van der Waals surface area contributed by atoms with Crippen LogP contribution in [-0.2, 0) is 26.3 Å². The Morgan fingerprint density at radius 3 is 2.08 bits per heavy atom. The van der Waals surface area contributed by atoms with Crippen molar-refractivity contribution in [2.24, 2.45) is 0 Å². The summed E-state index contributed by atoms with van der Waals surface area (Å²) in [6.07, 6.45) is -0.997. The van der Waals surface area contributed by atoms with Crippen molar-refractivity contribution in [3.05, 3.63) is 102 Å². The first-order valence-electron chi connectivity index (χ1n) is 11.4. The van der Waals surface area contributed by atoms with Crippen molar-refractivity contribution in [2.45, 2.75) is 20.0 Å². The zero-order valence-corrected chi connectivity index (χ0v) is 22.2. The monoisotopic (exact) mass is 671 g/mol. The molecule has 0 N–H and O–H groups in total. The van der Waals surface area contributed by atoms with Crippen LogP contribution in [-0.4, -0.2) is 15.0 Å². The molecule has 2 heterocycles. The second kappa shape index (κ2) is 9.33. The molecule has 0 fully saturated rings. The van der Waals surface area contributed by atoms with Crippen LogP contribution in [0.3, 0.4) is 0 Å². The number of pyridine rings is 1. The summed E-state index contributed by atoms with van der Waals surface area (Å²) in [5, 5.41) is 6.34. The topological polar surface area (TPSA) is 38.7 Å². The molecule has 1 radical (unpaired) electrons. The summed E-state index contributed by atoms with van der Waals surface area (Å²) in [5.74, 6) is 0.254. The van der Waals surface area contributed by atoms with Gasteiger partial charge in [-0.05, 0) is 50.1 Å². The van der Waals surface area contributed by atoms with Crippen molar-refractivity contribution < 1.29 is 33.3 Å². The summed E-state index contributed by atoms with van der Waals surface area (Å²) < 4.78 is 38.6. The van der Waals surface area contributed by atoms with Gasteiger partial charge < -0.3 is 4.98 Å². The molecule has 6 rings (SSSR count). The van der Waals surface area contributed by atoms with Gasteiger partial charge in [0.2, 0.25) is 0 Å². The van der Waals surface area contributed by atoms with Crippen LogP contribution in [0.5, 0.6) is 0 Å². The molecule has 0 amide bonds. The number of rotatable bonds is 2. The Bertz CT molecular complexity index is 1780. The number of fused-ring (bicyclic) bond motifs is 5. The van der Waals surface area contributed by atoms with Crippen molar-refractivity contribution >= 4 is 32.3 Å². The Hall–Kier alpha value is -3.67. The molecule has 3 nitrogen and oxygen atoms in total. The SMILES string of the molecule is Cc1[c-]c(-c2nccc3c2ccc2c4ccc(-c5ncc(C(F)(F)F)cn5)cc4ccc32)cc(C)c1.[Ir]. The van der Waals surface area contributed by atoms with Crippen LogP contribution in [0, 0.1) is 19.9 Å². The third kappa shape index (κ3) is 4.50. The fourth-order valence-corrected chi connectivity index (χ4v) is 4.81. The molecule has 0 aliphatic heterocycles. The predicted molar refractivity (Wildman–Crippen MR) is 137 cm³/mol. The van der Waals surface area contributed by atoms with Crippen LogP contribution in [0.2, 0.25) is 0 Å². The van der Waals surface area contributed by atoms with E-state index in [0.29, 0.717) is 5.56 Å². The van der Waals surface area contributed by atoms with E-state index in [1.165, 1.54) is 5.56 Å². The van der Waals surface area contributed by atoms with E-state index in [4.69, 9.17) is 0 Å². The zero-order chi connectivity index (χ0) is 25.0. The van der Waals surface area contributed by atoms with Crippen LogP contribution >= 0.6 is 0 Å². The van der Waals surface area contributed by atoms with Gasteiger partial charge in [0.1, 0.15) is 0 Å². The standard InChI is InChI=1S/C30H19F3N3.Ir/c1-17-11-18(2)13-21(12-17)28-27-8-7-24-23-5-4-20(29-35-15-22(16-36-29)30(31,32)33)14-19(23)3-6-25(24)26(27)9-10-34-28;/h3-12,14-16H,1-2H3;/q-1;. The van der Waals surface area contributed by atoms with Gasteiger partial charge in [0.15, 0.2) is 5.82 Å². The van der Waals surface area contributed by atoms with Crippen molar-refractivity contribution in [3.8, 4) is 22.6 Å². The summed E-state index contributed by atoms with van der Waals surface area (Å²) in [6, 6.07) is 23.7. The number of aromatic nitrogens is 3. The minimum atomic E-state index is -4.46. The van der Waals surface area contributed by atoms with E-state index in [0.717, 1.165) is 61.5 Å². The summed E-state index contributed by atoms with van der Waals surface area (Å²) in [5.41, 5.74) is 3.91. The van der Waals surface area contributed by atoms with E-state index in [-0.39, 0.29) is 25.9 Å². The molecule has 6 aromatic rings. The molecular formula is C30H19F3IrN3-. The first-order valence-corrected chi connectivity index (χ1v) is 11.4.